The first-order valence-electron chi connectivity index (χ1n) is 9.39. The van der Waals surface area contributed by atoms with Gasteiger partial charge in [-0.05, 0) is 48.9 Å². The molecule has 28 heavy (non-hydrogen) atoms. The Bertz CT molecular complexity index is 968. The molecule has 1 aromatic heterocycles. The van der Waals surface area contributed by atoms with Gasteiger partial charge in [0.25, 0.3) is 5.91 Å². The van der Waals surface area contributed by atoms with E-state index in [1.807, 2.05) is 47.5 Å². The molecular weight excluding hydrogens is 396 g/mol. The minimum atomic E-state index is -3.25. The number of nitrogens with zero attached hydrogens (tertiary/aromatic N) is 2. The highest BCUT2D eigenvalue weighted by molar-refractivity contribution is 7.88. The van der Waals surface area contributed by atoms with Gasteiger partial charge in [0.05, 0.1) is 23.7 Å². The Morgan fingerprint density at radius 2 is 2.11 bits per heavy atom. The zero-order valence-electron chi connectivity index (χ0n) is 16.0. The normalized spacial score (nSPS) is 19.8. The summed E-state index contributed by atoms with van der Waals surface area (Å²) in [7, 11) is -3.25. The van der Waals surface area contributed by atoms with Crippen LogP contribution in [0, 0.1) is 0 Å². The molecule has 0 unspecified atom stereocenters. The Labute approximate surface area is 169 Å². The predicted octanol–water partition coefficient (Wildman–Crippen LogP) is 3.10. The lowest BCUT2D eigenvalue weighted by Gasteiger charge is -2.26. The third-order valence-corrected chi connectivity index (χ3v) is 7.33. The van der Waals surface area contributed by atoms with Crippen molar-refractivity contribution in [1.29, 1.82) is 0 Å². The summed E-state index contributed by atoms with van der Waals surface area (Å²) in [5.74, 6) is 0.759. The Balaban J connectivity index is 1.59. The second-order valence-corrected chi connectivity index (χ2v) is 10.4. The van der Waals surface area contributed by atoms with Crippen molar-refractivity contribution in [2.75, 3.05) is 12.9 Å². The van der Waals surface area contributed by atoms with Gasteiger partial charge in [-0.1, -0.05) is 12.1 Å². The van der Waals surface area contributed by atoms with E-state index >= 15 is 0 Å². The van der Waals surface area contributed by atoms with Gasteiger partial charge in [0.15, 0.2) is 0 Å². The van der Waals surface area contributed by atoms with E-state index in [2.05, 4.69) is 0 Å². The Morgan fingerprint density at radius 1 is 1.32 bits per heavy atom. The van der Waals surface area contributed by atoms with Crippen molar-refractivity contribution in [3.8, 4) is 5.75 Å². The van der Waals surface area contributed by atoms with Gasteiger partial charge in [-0.15, -0.1) is 11.3 Å². The van der Waals surface area contributed by atoms with Crippen LogP contribution in [-0.2, 0) is 23.1 Å². The van der Waals surface area contributed by atoms with Crippen molar-refractivity contribution in [2.45, 2.75) is 44.9 Å². The van der Waals surface area contributed by atoms with Crippen molar-refractivity contribution in [1.82, 2.24) is 9.21 Å². The monoisotopic (exact) mass is 420 g/mol. The number of amides is 1. The van der Waals surface area contributed by atoms with E-state index in [1.54, 1.807) is 4.31 Å². The highest BCUT2D eigenvalue weighted by Crippen LogP contribution is 2.32. The first-order chi connectivity index (χ1) is 13.3. The van der Waals surface area contributed by atoms with E-state index in [9.17, 15) is 13.2 Å². The molecule has 2 aromatic rings. The fourth-order valence-electron chi connectivity index (χ4n) is 3.51. The summed E-state index contributed by atoms with van der Waals surface area (Å²) in [5, 5.41) is 1.90. The van der Waals surface area contributed by atoms with E-state index in [4.69, 9.17) is 4.74 Å². The number of carbonyl (C=O) groups excluding carboxylic acids is 1. The molecule has 1 atom stereocenters. The van der Waals surface area contributed by atoms with E-state index in [1.165, 1.54) is 17.6 Å². The number of thiophene rings is 1. The van der Waals surface area contributed by atoms with Crippen LogP contribution in [0.2, 0.25) is 0 Å². The molecule has 4 rings (SSSR count). The van der Waals surface area contributed by atoms with E-state index in [-0.39, 0.29) is 18.0 Å². The van der Waals surface area contributed by atoms with Crippen LogP contribution in [0.1, 0.15) is 40.6 Å². The molecule has 0 bridgehead atoms. The van der Waals surface area contributed by atoms with E-state index in [0.717, 1.165) is 29.7 Å². The second kappa shape index (κ2) is 7.50. The first-order valence-corrected chi connectivity index (χ1v) is 12.1. The van der Waals surface area contributed by atoms with Gasteiger partial charge in [0.2, 0.25) is 10.0 Å². The Morgan fingerprint density at radius 3 is 2.75 bits per heavy atom. The molecule has 0 N–H and O–H groups in total. The molecule has 150 valence electrons. The SMILES string of the molecule is C[C@H]1COc2ccc(CN(C3CC3)S(C)(=O)=O)cc2CN1C(=O)c1cccs1. The van der Waals surface area contributed by atoms with Crippen LogP contribution in [0.3, 0.4) is 0 Å². The molecule has 1 aliphatic heterocycles. The third kappa shape index (κ3) is 4.09. The molecule has 1 aliphatic carbocycles. The van der Waals surface area contributed by atoms with Crippen molar-refractivity contribution in [3.05, 3.63) is 51.7 Å². The van der Waals surface area contributed by atoms with Gasteiger partial charge in [0.1, 0.15) is 12.4 Å². The molecular formula is C20H24N2O4S2. The minimum absolute atomic E-state index is 0.0000889. The number of hydrogen-bond acceptors (Lipinski definition) is 5. The van der Waals surface area contributed by atoms with Crippen LogP contribution in [0.15, 0.2) is 35.7 Å². The van der Waals surface area contributed by atoms with Crippen LogP contribution < -0.4 is 4.74 Å². The highest BCUT2D eigenvalue weighted by Gasteiger charge is 2.35. The lowest BCUT2D eigenvalue weighted by atomic mass is 10.1. The summed E-state index contributed by atoms with van der Waals surface area (Å²) in [6.45, 7) is 3.21. The van der Waals surface area contributed by atoms with Gasteiger partial charge in [-0.25, -0.2) is 8.42 Å². The van der Waals surface area contributed by atoms with Crippen LogP contribution in [0.4, 0.5) is 0 Å². The van der Waals surface area contributed by atoms with Gasteiger partial charge < -0.3 is 9.64 Å². The predicted molar refractivity (Wildman–Crippen MR) is 109 cm³/mol. The van der Waals surface area contributed by atoms with Gasteiger partial charge in [0, 0.05) is 18.2 Å². The highest BCUT2D eigenvalue weighted by atomic mass is 32.2. The largest absolute Gasteiger partial charge is 0.491 e. The van der Waals surface area contributed by atoms with Gasteiger partial charge in [-0.3, -0.25) is 4.79 Å². The molecule has 2 aliphatic rings. The zero-order valence-corrected chi connectivity index (χ0v) is 17.6. The zero-order chi connectivity index (χ0) is 19.9. The summed E-state index contributed by atoms with van der Waals surface area (Å²) in [6, 6.07) is 9.56. The summed E-state index contributed by atoms with van der Waals surface area (Å²) in [6.07, 6.45) is 3.10. The average molecular weight is 421 g/mol. The molecule has 1 fully saturated rings. The minimum Gasteiger partial charge on any atom is -0.491 e. The van der Waals surface area contributed by atoms with Crippen molar-refractivity contribution in [3.63, 3.8) is 0 Å². The third-order valence-electron chi connectivity index (χ3n) is 5.19. The first kappa shape index (κ1) is 19.4. The maximum Gasteiger partial charge on any atom is 0.264 e. The quantitative estimate of drug-likeness (QED) is 0.746. The molecule has 0 radical (unpaired) electrons. The fourth-order valence-corrected chi connectivity index (χ4v) is 5.32. The van der Waals surface area contributed by atoms with Crippen molar-refractivity contribution < 1.29 is 17.9 Å². The Kier molecular flexibility index (Phi) is 5.20. The standard InChI is InChI=1S/C20H24N2O4S2/c1-14-13-26-18-8-5-15(11-22(17-6-7-17)28(2,24)25)10-16(18)12-21(14)20(23)19-4-3-9-27-19/h3-5,8-10,14,17H,6-7,11-13H2,1-2H3/t14-/m0/s1. The van der Waals surface area contributed by atoms with Gasteiger partial charge in [-0.2, -0.15) is 4.31 Å². The number of hydrogen-bond donors (Lipinski definition) is 0. The van der Waals surface area contributed by atoms with Gasteiger partial charge >= 0.3 is 0 Å². The Hall–Kier alpha value is -1.90. The number of rotatable bonds is 5. The van der Waals surface area contributed by atoms with Crippen LogP contribution in [0.5, 0.6) is 5.75 Å². The maximum absolute atomic E-state index is 12.9. The lowest BCUT2D eigenvalue weighted by molar-refractivity contribution is 0.0650. The molecule has 2 heterocycles. The van der Waals surface area contributed by atoms with Crippen molar-refractivity contribution in [2.24, 2.45) is 0 Å². The smallest absolute Gasteiger partial charge is 0.264 e. The molecule has 6 nitrogen and oxygen atoms in total. The summed E-state index contributed by atoms with van der Waals surface area (Å²) in [4.78, 5) is 15.5. The maximum atomic E-state index is 12.9. The number of ether oxygens (including phenoxy) is 1. The molecule has 1 aromatic carbocycles. The van der Waals surface area contributed by atoms with E-state index < -0.39 is 10.0 Å². The van der Waals surface area contributed by atoms with E-state index in [0.29, 0.717) is 24.6 Å². The molecule has 8 heteroatoms. The molecule has 1 amide bonds. The fraction of sp³-hybridized carbons (Fsp3) is 0.450. The summed E-state index contributed by atoms with van der Waals surface area (Å²) < 4.78 is 31.7. The van der Waals surface area contributed by atoms with Crippen LogP contribution in [0.25, 0.3) is 0 Å². The lowest BCUT2D eigenvalue weighted by Crippen LogP contribution is -2.39. The molecule has 1 saturated carbocycles. The summed E-state index contributed by atoms with van der Waals surface area (Å²) >= 11 is 1.43. The second-order valence-electron chi connectivity index (χ2n) is 7.55. The number of carbonyl (C=O) groups is 1. The van der Waals surface area contributed by atoms with Crippen LogP contribution >= 0.6 is 11.3 Å². The molecule has 0 spiro atoms. The number of sulfonamides is 1. The summed E-state index contributed by atoms with van der Waals surface area (Å²) in [5.41, 5.74) is 1.83. The van der Waals surface area contributed by atoms with Crippen LogP contribution in [-0.4, -0.2) is 48.5 Å². The number of fused-ring (bicyclic) bond motifs is 1. The van der Waals surface area contributed by atoms with Crippen molar-refractivity contribution >= 4 is 27.3 Å². The molecule has 0 saturated heterocycles. The topological polar surface area (TPSA) is 66.9 Å². The number of benzene rings is 1. The average Bonchev–Trinajstić information content (AvgIpc) is 3.36.